The molecule has 0 unspecified atom stereocenters. The van der Waals surface area contributed by atoms with Gasteiger partial charge in [0.15, 0.2) is 0 Å². The molecular weight excluding hydrogens is 567 g/mol. The number of methoxy groups -OCH3 is 1. The Kier molecular flexibility index (Phi) is 8.17. The first-order chi connectivity index (χ1) is 22.0. The van der Waals surface area contributed by atoms with Crippen molar-refractivity contribution in [2.75, 3.05) is 33.4 Å². The van der Waals surface area contributed by atoms with Gasteiger partial charge in [-0.3, -0.25) is 9.78 Å². The standard InChI is InChI=1S/C37H37FN4O3/c1-3-34(43)42-14-12-32-27(22-42)18-26(21-40-32)37-35(31-10-9-28(38)19-33(31)45-16-15-44-2)29-5-4-6-30(29)36(41-37)24-7-8-25-20-39-13-11-23(25)17-24/h3,7-10,17-19,21,39H,1,4-6,11-16,20,22H2,2H3. The fraction of sp³-hybridized carbons (Fsp3) is 0.324. The first-order valence-electron chi connectivity index (χ1n) is 15.7. The molecule has 1 N–H and O–H groups in total. The maximum atomic E-state index is 14.6. The minimum atomic E-state index is -0.361. The number of carbonyl (C=O) groups is 1. The molecule has 0 saturated heterocycles. The second-order valence-electron chi connectivity index (χ2n) is 11.9. The Hall–Kier alpha value is -4.40. The Bertz CT molecular complexity index is 1800. The van der Waals surface area contributed by atoms with E-state index >= 15 is 0 Å². The van der Waals surface area contributed by atoms with Crippen LogP contribution in [-0.4, -0.2) is 54.2 Å². The molecular formula is C37H37FN4O3. The van der Waals surface area contributed by atoms with Crippen LogP contribution < -0.4 is 10.1 Å². The molecule has 0 fully saturated rings. The number of aromatic nitrogens is 2. The average molecular weight is 605 g/mol. The largest absolute Gasteiger partial charge is 0.490 e. The van der Waals surface area contributed by atoms with Gasteiger partial charge >= 0.3 is 0 Å². The summed E-state index contributed by atoms with van der Waals surface area (Å²) in [7, 11) is 1.62. The van der Waals surface area contributed by atoms with E-state index < -0.39 is 0 Å². The Balaban J connectivity index is 1.44. The van der Waals surface area contributed by atoms with Crippen molar-refractivity contribution < 1.29 is 18.7 Å². The van der Waals surface area contributed by atoms with Crippen LogP contribution in [0.5, 0.6) is 5.75 Å². The molecule has 0 atom stereocenters. The van der Waals surface area contributed by atoms with E-state index in [1.807, 2.05) is 6.20 Å². The molecule has 1 amide bonds. The van der Waals surface area contributed by atoms with Crippen LogP contribution in [0.3, 0.4) is 0 Å². The Morgan fingerprint density at radius 3 is 2.73 bits per heavy atom. The van der Waals surface area contributed by atoms with E-state index in [-0.39, 0.29) is 11.7 Å². The highest BCUT2D eigenvalue weighted by Crippen LogP contribution is 2.46. The summed E-state index contributed by atoms with van der Waals surface area (Å²) in [6.07, 6.45) is 7.75. The van der Waals surface area contributed by atoms with Gasteiger partial charge in [0.05, 0.1) is 18.0 Å². The van der Waals surface area contributed by atoms with Crippen LogP contribution in [0.15, 0.2) is 61.3 Å². The Morgan fingerprint density at radius 2 is 1.87 bits per heavy atom. The van der Waals surface area contributed by atoms with Crippen molar-refractivity contribution in [2.24, 2.45) is 0 Å². The smallest absolute Gasteiger partial charge is 0.246 e. The van der Waals surface area contributed by atoms with E-state index in [1.165, 1.54) is 40.5 Å². The van der Waals surface area contributed by atoms with Crippen LogP contribution in [0.25, 0.3) is 33.6 Å². The number of ether oxygens (including phenoxy) is 2. The van der Waals surface area contributed by atoms with Crippen LogP contribution in [0.1, 0.15) is 39.9 Å². The number of hydrogen-bond donors (Lipinski definition) is 1. The van der Waals surface area contributed by atoms with Crippen LogP contribution >= 0.6 is 0 Å². The van der Waals surface area contributed by atoms with Crippen molar-refractivity contribution in [3.8, 4) is 39.4 Å². The summed E-state index contributed by atoms with van der Waals surface area (Å²) >= 11 is 0. The molecule has 230 valence electrons. The molecule has 0 spiro atoms. The summed E-state index contributed by atoms with van der Waals surface area (Å²) in [5.74, 6) is 0.0169. The van der Waals surface area contributed by atoms with Gasteiger partial charge in [-0.2, -0.15) is 0 Å². The molecule has 8 heteroatoms. The number of nitrogens with zero attached hydrogens (tertiary/aromatic N) is 3. The molecule has 3 aliphatic rings. The number of hydrogen-bond acceptors (Lipinski definition) is 6. The minimum absolute atomic E-state index is 0.0866. The number of amides is 1. The van der Waals surface area contributed by atoms with E-state index in [0.717, 1.165) is 83.7 Å². The van der Waals surface area contributed by atoms with Gasteiger partial charge in [0.2, 0.25) is 5.91 Å². The average Bonchev–Trinajstić information content (AvgIpc) is 3.57. The van der Waals surface area contributed by atoms with Crippen molar-refractivity contribution >= 4 is 5.91 Å². The third-order valence-electron chi connectivity index (χ3n) is 9.19. The molecule has 2 aliphatic heterocycles. The first kappa shape index (κ1) is 29.3. The van der Waals surface area contributed by atoms with Gasteiger partial charge in [0, 0.05) is 73.4 Å². The fourth-order valence-corrected chi connectivity index (χ4v) is 6.95. The number of fused-ring (bicyclic) bond motifs is 3. The highest BCUT2D eigenvalue weighted by molar-refractivity contribution is 5.90. The molecule has 0 bridgehead atoms. The second kappa shape index (κ2) is 12.5. The van der Waals surface area contributed by atoms with Crippen molar-refractivity contribution in [3.63, 3.8) is 0 Å². The van der Waals surface area contributed by atoms with E-state index in [2.05, 4.69) is 36.2 Å². The van der Waals surface area contributed by atoms with Gasteiger partial charge in [0.1, 0.15) is 18.2 Å². The highest BCUT2D eigenvalue weighted by atomic mass is 19.1. The van der Waals surface area contributed by atoms with Gasteiger partial charge in [-0.05, 0) is 90.4 Å². The number of carbonyl (C=O) groups excluding carboxylic acids is 1. The molecule has 0 saturated carbocycles. The Morgan fingerprint density at radius 1 is 1.00 bits per heavy atom. The number of benzene rings is 2. The number of rotatable bonds is 8. The summed E-state index contributed by atoms with van der Waals surface area (Å²) in [4.78, 5) is 24.6. The summed E-state index contributed by atoms with van der Waals surface area (Å²) in [6, 6.07) is 13.6. The molecule has 7 rings (SSSR count). The second-order valence-corrected chi connectivity index (χ2v) is 11.9. The van der Waals surface area contributed by atoms with E-state index in [1.54, 1.807) is 18.1 Å². The van der Waals surface area contributed by atoms with Gasteiger partial charge in [-0.1, -0.05) is 18.7 Å². The molecule has 4 heterocycles. The van der Waals surface area contributed by atoms with Crippen molar-refractivity contribution in [1.29, 1.82) is 0 Å². The quantitative estimate of drug-likeness (QED) is 0.201. The summed E-state index contributed by atoms with van der Waals surface area (Å²) in [5.41, 5.74) is 12.7. The van der Waals surface area contributed by atoms with Gasteiger partial charge in [-0.15, -0.1) is 0 Å². The van der Waals surface area contributed by atoms with Crippen molar-refractivity contribution in [2.45, 2.75) is 45.2 Å². The molecule has 1 aliphatic carbocycles. The molecule has 7 nitrogen and oxygen atoms in total. The monoisotopic (exact) mass is 604 g/mol. The highest BCUT2D eigenvalue weighted by Gasteiger charge is 2.29. The van der Waals surface area contributed by atoms with Crippen molar-refractivity contribution in [1.82, 2.24) is 20.2 Å². The predicted octanol–water partition coefficient (Wildman–Crippen LogP) is 5.85. The lowest BCUT2D eigenvalue weighted by atomic mass is 9.88. The zero-order valence-electron chi connectivity index (χ0n) is 25.6. The zero-order valence-corrected chi connectivity index (χ0v) is 25.6. The molecule has 2 aromatic heterocycles. The fourth-order valence-electron chi connectivity index (χ4n) is 6.95. The van der Waals surface area contributed by atoms with Gasteiger partial charge < -0.3 is 19.7 Å². The third kappa shape index (κ3) is 5.64. The molecule has 0 radical (unpaired) electrons. The van der Waals surface area contributed by atoms with E-state index in [4.69, 9.17) is 19.4 Å². The Labute approximate surface area is 263 Å². The van der Waals surface area contributed by atoms with Crippen LogP contribution in [0.2, 0.25) is 0 Å². The molecule has 4 aromatic rings. The minimum Gasteiger partial charge on any atom is -0.490 e. The summed E-state index contributed by atoms with van der Waals surface area (Å²) < 4.78 is 26.0. The topological polar surface area (TPSA) is 76.6 Å². The van der Waals surface area contributed by atoms with E-state index in [9.17, 15) is 9.18 Å². The maximum absolute atomic E-state index is 14.6. The first-order valence-corrected chi connectivity index (χ1v) is 15.7. The summed E-state index contributed by atoms with van der Waals surface area (Å²) in [6.45, 7) is 7.29. The van der Waals surface area contributed by atoms with Crippen LogP contribution in [0.4, 0.5) is 4.39 Å². The molecule has 2 aromatic carbocycles. The maximum Gasteiger partial charge on any atom is 0.246 e. The lowest BCUT2D eigenvalue weighted by molar-refractivity contribution is -0.126. The number of nitrogens with one attached hydrogen (secondary N) is 1. The lowest BCUT2D eigenvalue weighted by Crippen LogP contribution is -2.35. The predicted molar refractivity (Wildman–Crippen MR) is 172 cm³/mol. The van der Waals surface area contributed by atoms with Crippen LogP contribution in [-0.2, 0) is 48.3 Å². The molecule has 45 heavy (non-hydrogen) atoms. The lowest BCUT2D eigenvalue weighted by Gasteiger charge is -2.28. The zero-order chi connectivity index (χ0) is 30.9. The van der Waals surface area contributed by atoms with E-state index in [0.29, 0.717) is 38.5 Å². The number of pyridine rings is 2. The summed E-state index contributed by atoms with van der Waals surface area (Å²) in [5, 5.41) is 3.47. The van der Waals surface area contributed by atoms with Gasteiger partial charge in [0.25, 0.3) is 0 Å². The number of halogens is 1. The third-order valence-corrected chi connectivity index (χ3v) is 9.19. The van der Waals surface area contributed by atoms with Gasteiger partial charge in [-0.25, -0.2) is 9.37 Å². The SMILES string of the molecule is C=CC(=O)N1CCc2ncc(-c3nc(-c4ccc5c(c4)CCNC5)c4c(c3-c3ccc(F)cc3OCCOC)CCC4)cc2C1. The van der Waals surface area contributed by atoms with Crippen LogP contribution in [0, 0.1) is 5.82 Å². The normalized spacial score (nSPS) is 15.3. The van der Waals surface area contributed by atoms with Crippen molar-refractivity contribution in [3.05, 3.63) is 101 Å².